The molecule has 1 atom stereocenters. The van der Waals surface area contributed by atoms with Gasteiger partial charge in [-0.05, 0) is 42.3 Å². The highest BCUT2D eigenvalue weighted by Crippen LogP contribution is 2.26. The summed E-state index contributed by atoms with van der Waals surface area (Å²) >= 11 is 0. The summed E-state index contributed by atoms with van der Waals surface area (Å²) in [6.45, 7) is 4.94. The topological polar surface area (TPSA) is 62.9 Å². The summed E-state index contributed by atoms with van der Waals surface area (Å²) in [6, 6.07) is 16.4. The lowest BCUT2D eigenvalue weighted by Gasteiger charge is -2.26. The fraction of sp³-hybridized carbons (Fsp3) is 0.300. The van der Waals surface area contributed by atoms with Crippen molar-refractivity contribution < 1.29 is 4.74 Å². The molecule has 1 N–H and O–H groups in total. The highest BCUT2D eigenvalue weighted by Gasteiger charge is 2.23. The Bertz CT molecular complexity index is 937. The summed E-state index contributed by atoms with van der Waals surface area (Å²) in [7, 11) is 0. The van der Waals surface area contributed by atoms with Crippen molar-refractivity contribution >= 4 is 11.0 Å². The first-order valence-corrected chi connectivity index (χ1v) is 8.49. The maximum atomic E-state index is 8.87. The average Bonchev–Trinajstić information content (AvgIpc) is 3.01. The summed E-state index contributed by atoms with van der Waals surface area (Å²) in [6.07, 6.45) is 0. The van der Waals surface area contributed by atoms with E-state index in [9.17, 15) is 0 Å². The third-order valence-corrected chi connectivity index (χ3v) is 4.62. The molecule has 5 nitrogen and oxygen atoms in total. The van der Waals surface area contributed by atoms with Crippen molar-refractivity contribution in [2.45, 2.75) is 26.1 Å². The van der Waals surface area contributed by atoms with Gasteiger partial charge in [-0.3, -0.25) is 0 Å². The van der Waals surface area contributed by atoms with Crippen molar-refractivity contribution in [3.8, 4) is 6.07 Å². The number of ether oxygens (including phenoxy) is 1. The lowest BCUT2D eigenvalue weighted by Crippen LogP contribution is -2.32. The molecule has 0 fully saturated rings. The van der Waals surface area contributed by atoms with E-state index in [0.29, 0.717) is 18.8 Å². The van der Waals surface area contributed by atoms with E-state index in [0.717, 1.165) is 24.4 Å². The van der Waals surface area contributed by atoms with Crippen LogP contribution in [0.4, 0.5) is 0 Å². The van der Waals surface area contributed by atoms with E-state index in [1.807, 2.05) is 24.3 Å². The van der Waals surface area contributed by atoms with Gasteiger partial charge in [-0.2, -0.15) is 5.26 Å². The summed E-state index contributed by atoms with van der Waals surface area (Å²) < 4.78 is 8.06. The number of hydrogen-bond donors (Lipinski definition) is 1. The Labute approximate surface area is 146 Å². The number of benzene rings is 2. The molecule has 0 saturated heterocycles. The van der Waals surface area contributed by atoms with E-state index in [1.54, 1.807) is 0 Å². The molecule has 25 heavy (non-hydrogen) atoms. The second-order valence-corrected chi connectivity index (χ2v) is 6.50. The highest BCUT2D eigenvalue weighted by atomic mass is 16.5. The molecule has 126 valence electrons. The van der Waals surface area contributed by atoms with Crippen LogP contribution in [0.3, 0.4) is 0 Å². The second-order valence-electron chi connectivity index (χ2n) is 6.50. The van der Waals surface area contributed by atoms with Crippen LogP contribution in [-0.4, -0.2) is 22.7 Å². The number of rotatable bonds is 4. The highest BCUT2D eigenvalue weighted by molar-refractivity contribution is 5.77. The van der Waals surface area contributed by atoms with Crippen LogP contribution in [0, 0.1) is 18.3 Å². The Morgan fingerprint density at radius 2 is 2.12 bits per heavy atom. The Morgan fingerprint density at radius 1 is 1.28 bits per heavy atom. The van der Waals surface area contributed by atoms with Crippen molar-refractivity contribution in [1.82, 2.24) is 14.9 Å². The first kappa shape index (κ1) is 15.8. The van der Waals surface area contributed by atoms with E-state index >= 15 is 0 Å². The van der Waals surface area contributed by atoms with E-state index in [4.69, 9.17) is 15.0 Å². The minimum absolute atomic E-state index is 0.230. The summed E-state index contributed by atoms with van der Waals surface area (Å²) in [5.74, 6) is 0.997. The van der Waals surface area contributed by atoms with Crippen molar-refractivity contribution in [2.24, 2.45) is 0 Å². The predicted octanol–water partition coefficient (Wildman–Crippen LogP) is 3.08. The van der Waals surface area contributed by atoms with Crippen LogP contribution in [0.1, 0.15) is 28.6 Å². The molecular formula is C20H20N4O. The van der Waals surface area contributed by atoms with Crippen LogP contribution in [0.25, 0.3) is 11.0 Å². The van der Waals surface area contributed by atoms with E-state index in [-0.39, 0.29) is 6.04 Å². The second kappa shape index (κ2) is 6.67. The molecule has 1 aliphatic heterocycles. The third-order valence-electron chi connectivity index (χ3n) is 4.62. The van der Waals surface area contributed by atoms with Gasteiger partial charge in [-0.25, -0.2) is 4.98 Å². The Kier molecular flexibility index (Phi) is 4.22. The minimum Gasteiger partial charge on any atom is -0.371 e. The lowest BCUT2D eigenvalue weighted by atomic mass is 10.1. The molecule has 3 aromatic rings. The normalized spacial score (nSPS) is 16.6. The molecule has 0 amide bonds. The van der Waals surface area contributed by atoms with Gasteiger partial charge in [0.2, 0.25) is 0 Å². The van der Waals surface area contributed by atoms with Gasteiger partial charge >= 0.3 is 0 Å². The van der Waals surface area contributed by atoms with E-state index < -0.39 is 0 Å². The molecule has 0 saturated carbocycles. The van der Waals surface area contributed by atoms with Crippen LogP contribution in [0.5, 0.6) is 0 Å². The molecule has 2 aromatic carbocycles. The Morgan fingerprint density at radius 3 is 2.92 bits per heavy atom. The molecule has 0 bridgehead atoms. The molecule has 0 aliphatic carbocycles. The maximum Gasteiger partial charge on any atom is 0.136 e. The van der Waals surface area contributed by atoms with Crippen molar-refractivity contribution in [1.29, 1.82) is 5.26 Å². The van der Waals surface area contributed by atoms with Gasteiger partial charge < -0.3 is 14.6 Å². The zero-order valence-corrected chi connectivity index (χ0v) is 14.2. The van der Waals surface area contributed by atoms with Crippen LogP contribution in [0.15, 0.2) is 42.5 Å². The van der Waals surface area contributed by atoms with Crippen molar-refractivity contribution in [2.75, 3.05) is 13.2 Å². The fourth-order valence-electron chi connectivity index (χ4n) is 3.35. The number of fused-ring (bicyclic) bond motifs is 3. The first-order valence-electron chi connectivity index (χ1n) is 8.49. The number of nitriles is 1. The third kappa shape index (κ3) is 3.14. The number of nitrogens with zero attached hydrogens (tertiary/aromatic N) is 3. The quantitative estimate of drug-likeness (QED) is 0.797. The van der Waals surface area contributed by atoms with Gasteiger partial charge in [-0.15, -0.1) is 0 Å². The minimum atomic E-state index is 0.230. The molecule has 1 aliphatic rings. The van der Waals surface area contributed by atoms with Crippen molar-refractivity contribution in [3.05, 3.63) is 65.0 Å². The molecule has 1 aromatic heterocycles. The first-order chi connectivity index (χ1) is 12.2. The van der Waals surface area contributed by atoms with E-state index in [2.05, 4.69) is 41.1 Å². The maximum absolute atomic E-state index is 8.87. The fourth-order valence-corrected chi connectivity index (χ4v) is 3.35. The van der Waals surface area contributed by atoms with Crippen LogP contribution >= 0.6 is 0 Å². The number of nitrogens with one attached hydrogen (secondary N) is 1. The molecule has 0 unspecified atom stereocenters. The summed E-state index contributed by atoms with van der Waals surface area (Å²) in [5, 5.41) is 12.4. The lowest BCUT2D eigenvalue weighted by molar-refractivity contribution is 0.0564. The van der Waals surface area contributed by atoms with Crippen LogP contribution < -0.4 is 5.32 Å². The monoisotopic (exact) mass is 332 g/mol. The van der Waals surface area contributed by atoms with Gasteiger partial charge in [0.15, 0.2) is 0 Å². The number of hydrogen-bond acceptors (Lipinski definition) is 4. The standard InChI is InChI=1S/C20H20N4O/c1-14-2-7-18-19(8-14)24-17(12-25-13-20(24)23-18)11-22-10-16-5-3-15(9-21)4-6-16/h2-8,17,22H,10-13H2,1H3/t17-/m0/s1. The van der Waals surface area contributed by atoms with Gasteiger partial charge in [0.1, 0.15) is 12.4 Å². The van der Waals surface area contributed by atoms with Gasteiger partial charge in [-0.1, -0.05) is 18.2 Å². The SMILES string of the molecule is Cc1ccc2nc3n(c2c1)[C@@H](CNCc1ccc(C#N)cc1)COC3. The number of aryl methyl sites for hydroxylation is 1. The molecular weight excluding hydrogens is 312 g/mol. The molecule has 0 radical (unpaired) electrons. The zero-order chi connectivity index (χ0) is 17.2. The Hall–Kier alpha value is -2.68. The zero-order valence-electron chi connectivity index (χ0n) is 14.2. The molecule has 5 heteroatoms. The Balaban J connectivity index is 1.50. The molecule has 4 rings (SSSR count). The predicted molar refractivity (Wildman–Crippen MR) is 96.0 cm³/mol. The van der Waals surface area contributed by atoms with Crippen molar-refractivity contribution in [3.63, 3.8) is 0 Å². The summed E-state index contributed by atoms with van der Waals surface area (Å²) in [4.78, 5) is 4.71. The van der Waals surface area contributed by atoms with Gasteiger partial charge in [0, 0.05) is 13.1 Å². The smallest absolute Gasteiger partial charge is 0.136 e. The number of aromatic nitrogens is 2. The molecule has 2 heterocycles. The number of imidazole rings is 1. The molecule has 0 spiro atoms. The van der Waals surface area contributed by atoms with Crippen LogP contribution in [0.2, 0.25) is 0 Å². The van der Waals surface area contributed by atoms with Gasteiger partial charge in [0.25, 0.3) is 0 Å². The van der Waals surface area contributed by atoms with Crippen LogP contribution in [-0.2, 0) is 17.9 Å². The summed E-state index contributed by atoms with van der Waals surface area (Å²) in [5.41, 5.74) is 5.31. The largest absolute Gasteiger partial charge is 0.371 e. The van der Waals surface area contributed by atoms with E-state index in [1.165, 1.54) is 16.6 Å². The average molecular weight is 332 g/mol. The van der Waals surface area contributed by atoms with Gasteiger partial charge in [0.05, 0.1) is 35.3 Å².